The number of thiophene rings is 1. The summed E-state index contributed by atoms with van der Waals surface area (Å²) in [4.78, 5) is 13.3. The summed E-state index contributed by atoms with van der Waals surface area (Å²) in [5.74, 6) is 0.437. The molecule has 0 unspecified atom stereocenters. The number of hydrogen-bond donors (Lipinski definition) is 1. The van der Waals surface area contributed by atoms with Gasteiger partial charge in [0.25, 0.3) is 5.91 Å². The van der Waals surface area contributed by atoms with Crippen LogP contribution in [0.2, 0.25) is 0 Å². The Morgan fingerprint density at radius 3 is 2.84 bits per heavy atom. The van der Waals surface area contributed by atoms with Gasteiger partial charge in [0, 0.05) is 9.35 Å². The Morgan fingerprint density at radius 1 is 1.42 bits per heavy atom. The maximum atomic E-state index is 12.1. The molecule has 19 heavy (non-hydrogen) atoms. The van der Waals surface area contributed by atoms with Crippen molar-refractivity contribution in [1.82, 2.24) is 5.32 Å². The lowest BCUT2D eigenvalue weighted by Crippen LogP contribution is -2.23. The van der Waals surface area contributed by atoms with Gasteiger partial charge in [-0.15, -0.1) is 11.3 Å². The Hall–Kier alpha value is -1.33. The van der Waals surface area contributed by atoms with Gasteiger partial charge >= 0.3 is 0 Å². The van der Waals surface area contributed by atoms with E-state index in [2.05, 4.69) is 21.2 Å². The molecule has 0 saturated carbocycles. The SMILES string of the molecule is COc1cc(Br)ccc1C(=O)NCc1sccc1C. The smallest absolute Gasteiger partial charge is 0.255 e. The van der Waals surface area contributed by atoms with Crippen LogP contribution in [0.3, 0.4) is 0 Å². The number of carbonyl (C=O) groups is 1. The Kier molecular flexibility index (Phi) is 4.61. The summed E-state index contributed by atoms with van der Waals surface area (Å²) >= 11 is 5.00. The van der Waals surface area contributed by atoms with E-state index in [1.165, 1.54) is 10.4 Å². The molecule has 0 fully saturated rings. The zero-order valence-electron chi connectivity index (χ0n) is 10.7. The Bertz CT molecular complexity index is 595. The average Bonchev–Trinajstić information content (AvgIpc) is 2.81. The molecule has 0 aliphatic carbocycles. The van der Waals surface area contributed by atoms with E-state index >= 15 is 0 Å². The van der Waals surface area contributed by atoms with Crippen molar-refractivity contribution < 1.29 is 9.53 Å². The van der Waals surface area contributed by atoms with Crippen LogP contribution in [0.5, 0.6) is 5.75 Å². The molecule has 0 spiro atoms. The average molecular weight is 340 g/mol. The van der Waals surface area contributed by atoms with Crippen LogP contribution in [-0.2, 0) is 6.54 Å². The Labute approximate surface area is 124 Å². The van der Waals surface area contributed by atoms with Gasteiger partial charge in [0.1, 0.15) is 5.75 Å². The van der Waals surface area contributed by atoms with Gasteiger partial charge in [-0.3, -0.25) is 4.79 Å². The first kappa shape index (κ1) is 14.1. The standard InChI is InChI=1S/C14H14BrNO2S/c1-9-5-6-19-13(9)8-16-14(17)11-4-3-10(15)7-12(11)18-2/h3-7H,8H2,1-2H3,(H,16,17). The van der Waals surface area contributed by atoms with Crippen LogP contribution in [0.4, 0.5) is 0 Å². The van der Waals surface area contributed by atoms with Crippen LogP contribution in [0, 0.1) is 6.92 Å². The van der Waals surface area contributed by atoms with Crippen LogP contribution in [0.25, 0.3) is 0 Å². The molecule has 0 radical (unpaired) electrons. The fourth-order valence-corrected chi connectivity index (χ4v) is 2.88. The van der Waals surface area contributed by atoms with Crippen molar-refractivity contribution in [3.8, 4) is 5.75 Å². The van der Waals surface area contributed by atoms with Gasteiger partial charge in [-0.05, 0) is 42.1 Å². The molecule has 1 aromatic heterocycles. The minimum atomic E-state index is -0.128. The molecule has 2 aromatic rings. The first-order chi connectivity index (χ1) is 9.11. The number of benzene rings is 1. The lowest BCUT2D eigenvalue weighted by Gasteiger charge is -2.09. The van der Waals surface area contributed by atoms with Crippen LogP contribution in [0.15, 0.2) is 34.1 Å². The van der Waals surface area contributed by atoms with E-state index in [0.29, 0.717) is 17.9 Å². The molecule has 100 valence electrons. The van der Waals surface area contributed by atoms with Crippen molar-refractivity contribution >= 4 is 33.2 Å². The predicted octanol–water partition coefficient (Wildman–Crippen LogP) is 3.76. The summed E-state index contributed by atoms with van der Waals surface area (Å²) in [5, 5.41) is 4.94. The fraction of sp³-hybridized carbons (Fsp3) is 0.214. The summed E-state index contributed by atoms with van der Waals surface area (Å²) in [6.07, 6.45) is 0. The van der Waals surface area contributed by atoms with Crippen molar-refractivity contribution in [2.45, 2.75) is 13.5 Å². The van der Waals surface area contributed by atoms with Crippen molar-refractivity contribution in [3.05, 3.63) is 50.1 Å². The van der Waals surface area contributed by atoms with Gasteiger partial charge in [-0.25, -0.2) is 0 Å². The largest absolute Gasteiger partial charge is 0.496 e. The summed E-state index contributed by atoms with van der Waals surface area (Å²) in [5.41, 5.74) is 1.74. The van der Waals surface area contributed by atoms with Gasteiger partial charge in [0.15, 0.2) is 0 Å². The number of ether oxygens (including phenoxy) is 1. The normalized spacial score (nSPS) is 10.3. The Morgan fingerprint density at radius 2 is 2.21 bits per heavy atom. The van der Waals surface area contributed by atoms with Crippen LogP contribution >= 0.6 is 27.3 Å². The van der Waals surface area contributed by atoms with Crippen molar-refractivity contribution in [2.75, 3.05) is 7.11 Å². The molecule has 1 aromatic carbocycles. The topological polar surface area (TPSA) is 38.3 Å². The van der Waals surface area contributed by atoms with Gasteiger partial charge in [-0.2, -0.15) is 0 Å². The quantitative estimate of drug-likeness (QED) is 0.920. The summed E-state index contributed by atoms with van der Waals surface area (Å²) in [7, 11) is 1.56. The third-order valence-electron chi connectivity index (χ3n) is 2.79. The second kappa shape index (κ2) is 6.21. The summed E-state index contributed by atoms with van der Waals surface area (Å²) in [6.45, 7) is 2.58. The molecule has 1 heterocycles. The van der Waals surface area contributed by atoms with Gasteiger partial charge in [0.05, 0.1) is 19.2 Å². The van der Waals surface area contributed by atoms with E-state index in [1.54, 1.807) is 30.6 Å². The molecule has 0 atom stereocenters. The second-order valence-electron chi connectivity index (χ2n) is 4.05. The lowest BCUT2D eigenvalue weighted by molar-refractivity contribution is 0.0948. The van der Waals surface area contributed by atoms with E-state index in [0.717, 1.165) is 4.47 Å². The van der Waals surface area contributed by atoms with Crippen LogP contribution < -0.4 is 10.1 Å². The number of methoxy groups -OCH3 is 1. The number of rotatable bonds is 4. The highest BCUT2D eigenvalue weighted by molar-refractivity contribution is 9.10. The third kappa shape index (κ3) is 3.36. The molecule has 0 aliphatic heterocycles. The first-order valence-electron chi connectivity index (χ1n) is 5.76. The van der Waals surface area contributed by atoms with Crippen LogP contribution in [0.1, 0.15) is 20.8 Å². The second-order valence-corrected chi connectivity index (χ2v) is 5.97. The monoisotopic (exact) mass is 339 g/mol. The minimum Gasteiger partial charge on any atom is -0.496 e. The summed E-state index contributed by atoms with van der Waals surface area (Å²) < 4.78 is 6.10. The van der Waals surface area contributed by atoms with E-state index in [-0.39, 0.29) is 5.91 Å². The highest BCUT2D eigenvalue weighted by atomic mass is 79.9. The van der Waals surface area contributed by atoms with Crippen molar-refractivity contribution in [2.24, 2.45) is 0 Å². The number of aryl methyl sites for hydroxylation is 1. The molecular weight excluding hydrogens is 326 g/mol. The van der Waals surface area contributed by atoms with E-state index in [9.17, 15) is 4.79 Å². The van der Waals surface area contributed by atoms with E-state index < -0.39 is 0 Å². The van der Waals surface area contributed by atoms with E-state index in [1.807, 2.05) is 24.4 Å². The number of halogens is 1. The number of nitrogens with one attached hydrogen (secondary N) is 1. The molecule has 1 amide bonds. The van der Waals surface area contributed by atoms with Gasteiger partial charge in [-0.1, -0.05) is 15.9 Å². The van der Waals surface area contributed by atoms with Gasteiger partial charge < -0.3 is 10.1 Å². The molecule has 2 rings (SSSR count). The number of amides is 1. The zero-order valence-corrected chi connectivity index (χ0v) is 13.1. The molecule has 3 nitrogen and oxygen atoms in total. The lowest BCUT2D eigenvalue weighted by atomic mass is 10.2. The van der Waals surface area contributed by atoms with Crippen molar-refractivity contribution in [1.29, 1.82) is 0 Å². The molecule has 0 saturated heterocycles. The van der Waals surface area contributed by atoms with E-state index in [4.69, 9.17) is 4.74 Å². The molecule has 0 aliphatic rings. The minimum absolute atomic E-state index is 0.128. The van der Waals surface area contributed by atoms with Gasteiger partial charge in [0.2, 0.25) is 0 Å². The fourth-order valence-electron chi connectivity index (χ4n) is 1.69. The molecule has 0 bridgehead atoms. The number of hydrogen-bond acceptors (Lipinski definition) is 3. The number of carbonyl (C=O) groups excluding carboxylic acids is 1. The molecular formula is C14H14BrNO2S. The molecule has 5 heteroatoms. The maximum absolute atomic E-state index is 12.1. The zero-order chi connectivity index (χ0) is 13.8. The predicted molar refractivity (Wildman–Crippen MR) is 80.9 cm³/mol. The maximum Gasteiger partial charge on any atom is 0.255 e. The molecule has 1 N–H and O–H groups in total. The highest BCUT2D eigenvalue weighted by Gasteiger charge is 2.12. The summed E-state index contributed by atoms with van der Waals surface area (Å²) in [6, 6.07) is 7.41. The van der Waals surface area contributed by atoms with Crippen molar-refractivity contribution in [3.63, 3.8) is 0 Å². The van der Waals surface area contributed by atoms with Crippen LogP contribution in [-0.4, -0.2) is 13.0 Å². The Balaban J connectivity index is 2.10. The third-order valence-corrected chi connectivity index (χ3v) is 4.30. The first-order valence-corrected chi connectivity index (χ1v) is 7.44. The highest BCUT2D eigenvalue weighted by Crippen LogP contribution is 2.23.